The maximum absolute atomic E-state index is 10.4. The van der Waals surface area contributed by atoms with Crippen molar-refractivity contribution in [3.8, 4) is 6.07 Å². The van der Waals surface area contributed by atoms with Crippen LogP contribution in [0.1, 0.15) is 52.9 Å². The van der Waals surface area contributed by atoms with Crippen molar-refractivity contribution in [2.45, 2.75) is 58.5 Å². The number of aliphatic hydroxyl groups is 1. The van der Waals surface area contributed by atoms with Crippen LogP contribution >= 0.6 is 0 Å². The maximum atomic E-state index is 10.4. The number of hydrogen-bond acceptors (Lipinski definition) is 2. The molecular formula is C12H21NO. The molecule has 0 aromatic rings. The van der Waals surface area contributed by atoms with Crippen LogP contribution in [0.3, 0.4) is 0 Å². The smallest absolute Gasteiger partial charge is 0.0860 e. The third-order valence-corrected chi connectivity index (χ3v) is 3.74. The summed E-state index contributed by atoms with van der Waals surface area (Å²) in [5.74, 6) is 0.581. The standard InChI is InChI=1S/C12H21NO/c1-4-6-11(3,14)12(9-13)7-5-10(2)8-12/h10,14H,4-8H2,1-3H3. The second-order valence-corrected chi connectivity index (χ2v) is 5.07. The van der Waals surface area contributed by atoms with Gasteiger partial charge in [-0.1, -0.05) is 20.3 Å². The Labute approximate surface area is 86.9 Å². The lowest BCUT2D eigenvalue weighted by Gasteiger charge is -2.37. The van der Waals surface area contributed by atoms with E-state index in [9.17, 15) is 10.4 Å². The van der Waals surface area contributed by atoms with E-state index in [0.717, 1.165) is 32.1 Å². The van der Waals surface area contributed by atoms with E-state index in [4.69, 9.17) is 0 Å². The molecule has 1 rings (SSSR count). The Bertz CT molecular complexity index is 241. The fourth-order valence-electron chi connectivity index (χ4n) is 2.73. The lowest BCUT2D eigenvalue weighted by Crippen LogP contribution is -2.43. The van der Waals surface area contributed by atoms with Gasteiger partial charge in [-0.3, -0.25) is 0 Å². The molecule has 3 atom stereocenters. The second-order valence-electron chi connectivity index (χ2n) is 5.07. The zero-order chi connectivity index (χ0) is 10.8. The highest BCUT2D eigenvalue weighted by Crippen LogP contribution is 2.50. The Balaban J connectivity index is 2.86. The summed E-state index contributed by atoms with van der Waals surface area (Å²) in [4.78, 5) is 0. The van der Waals surface area contributed by atoms with Gasteiger partial charge in [0.15, 0.2) is 0 Å². The third kappa shape index (κ3) is 1.79. The first-order chi connectivity index (χ1) is 6.47. The summed E-state index contributed by atoms with van der Waals surface area (Å²) in [6, 6.07) is 2.38. The van der Waals surface area contributed by atoms with Crippen LogP contribution in [0.2, 0.25) is 0 Å². The number of rotatable bonds is 3. The molecule has 0 saturated heterocycles. The van der Waals surface area contributed by atoms with Crippen LogP contribution in [0.25, 0.3) is 0 Å². The van der Waals surface area contributed by atoms with Crippen molar-refractivity contribution in [2.24, 2.45) is 11.3 Å². The molecule has 0 bridgehead atoms. The van der Waals surface area contributed by atoms with Crippen molar-refractivity contribution < 1.29 is 5.11 Å². The molecule has 0 spiro atoms. The van der Waals surface area contributed by atoms with E-state index in [0.29, 0.717) is 5.92 Å². The first-order valence-corrected chi connectivity index (χ1v) is 5.61. The Morgan fingerprint density at radius 3 is 2.64 bits per heavy atom. The Kier molecular flexibility index (Phi) is 3.21. The van der Waals surface area contributed by atoms with Crippen molar-refractivity contribution in [1.29, 1.82) is 5.26 Å². The Morgan fingerprint density at radius 1 is 1.64 bits per heavy atom. The van der Waals surface area contributed by atoms with Crippen LogP contribution in [0.5, 0.6) is 0 Å². The molecule has 0 aromatic carbocycles. The topological polar surface area (TPSA) is 44.0 Å². The molecule has 2 heteroatoms. The summed E-state index contributed by atoms with van der Waals surface area (Å²) in [6.07, 6.45) is 4.46. The first kappa shape index (κ1) is 11.5. The Morgan fingerprint density at radius 2 is 2.29 bits per heavy atom. The molecule has 1 N–H and O–H groups in total. The minimum absolute atomic E-state index is 0.484. The predicted molar refractivity (Wildman–Crippen MR) is 56.6 cm³/mol. The summed E-state index contributed by atoms with van der Waals surface area (Å²) < 4.78 is 0. The molecule has 14 heavy (non-hydrogen) atoms. The molecule has 0 radical (unpaired) electrons. The predicted octanol–water partition coefficient (Wildman–Crippen LogP) is 2.87. The molecule has 0 aliphatic heterocycles. The van der Waals surface area contributed by atoms with Gasteiger partial charge in [0, 0.05) is 0 Å². The van der Waals surface area contributed by atoms with Crippen LogP contribution in [0, 0.1) is 22.7 Å². The van der Waals surface area contributed by atoms with Crippen molar-refractivity contribution in [3.63, 3.8) is 0 Å². The van der Waals surface area contributed by atoms with Gasteiger partial charge in [-0.25, -0.2) is 0 Å². The van der Waals surface area contributed by atoms with Gasteiger partial charge >= 0.3 is 0 Å². The second kappa shape index (κ2) is 3.90. The molecule has 1 fully saturated rings. The number of hydrogen-bond donors (Lipinski definition) is 1. The average Bonchev–Trinajstić information content (AvgIpc) is 2.49. The molecule has 0 aromatic heterocycles. The van der Waals surface area contributed by atoms with Crippen molar-refractivity contribution in [3.05, 3.63) is 0 Å². The molecule has 0 amide bonds. The number of nitriles is 1. The highest BCUT2D eigenvalue weighted by atomic mass is 16.3. The largest absolute Gasteiger partial charge is 0.389 e. The van der Waals surface area contributed by atoms with Gasteiger partial charge in [0.25, 0.3) is 0 Å². The molecular weight excluding hydrogens is 174 g/mol. The molecule has 80 valence electrons. The van der Waals surface area contributed by atoms with Gasteiger partial charge in [-0.2, -0.15) is 5.26 Å². The molecule has 3 unspecified atom stereocenters. The first-order valence-electron chi connectivity index (χ1n) is 5.61. The molecule has 1 aliphatic carbocycles. The van der Waals surface area contributed by atoms with E-state index < -0.39 is 11.0 Å². The van der Waals surface area contributed by atoms with Gasteiger partial charge in [-0.05, 0) is 38.5 Å². The quantitative estimate of drug-likeness (QED) is 0.752. The monoisotopic (exact) mass is 195 g/mol. The van der Waals surface area contributed by atoms with Crippen LogP contribution in [0.4, 0.5) is 0 Å². The molecule has 1 saturated carbocycles. The van der Waals surface area contributed by atoms with Crippen LogP contribution in [-0.2, 0) is 0 Å². The van der Waals surface area contributed by atoms with E-state index in [-0.39, 0.29) is 0 Å². The minimum atomic E-state index is -0.804. The summed E-state index contributed by atoms with van der Waals surface area (Å²) >= 11 is 0. The van der Waals surface area contributed by atoms with Crippen LogP contribution in [0.15, 0.2) is 0 Å². The van der Waals surface area contributed by atoms with E-state index in [1.54, 1.807) is 0 Å². The Hall–Kier alpha value is -0.550. The summed E-state index contributed by atoms with van der Waals surface area (Å²) in [5.41, 5.74) is -1.29. The highest BCUT2D eigenvalue weighted by molar-refractivity contribution is 5.12. The molecule has 0 heterocycles. The summed E-state index contributed by atoms with van der Waals surface area (Å²) in [7, 11) is 0. The lowest BCUT2D eigenvalue weighted by atomic mass is 9.70. The van der Waals surface area contributed by atoms with Gasteiger partial charge in [0.2, 0.25) is 0 Å². The van der Waals surface area contributed by atoms with Gasteiger partial charge in [-0.15, -0.1) is 0 Å². The fourth-order valence-corrected chi connectivity index (χ4v) is 2.73. The fraction of sp³-hybridized carbons (Fsp3) is 0.917. The number of nitrogens with zero attached hydrogens (tertiary/aromatic N) is 1. The average molecular weight is 195 g/mol. The summed E-state index contributed by atoms with van der Waals surface area (Å²) in [6.45, 7) is 6.05. The van der Waals surface area contributed by atoms with E-state index in [2.05, 4.69) is 19.9 Å². The molecule has 2 nitrogen and oxygen atoms in total. The van der Waals surface area contributed by atoms with E-state index in [1.807, 2.05) is 6.92 Å². The normalized spacial score (nSPS) is 36.4. The van der Waals surface area contributed by atoms with Gasteiger partial charge in [0.05, 0.1) is 17.1 Å². The van der Waals surface area contributed by atoms with Crippen LogP contribution in [-0.4, -0.2) is 10.7 Å². The van der Waals surface area contributed by atoms with Crippen LogP contribution < -0.4 is 0 Å². The zero-order valence-corrected chi connectivity index (χ0v) is 9.51. The van der Waals surface area contributed by atoms with Crippen molar-refractivity contribution in [2.75, 3.05) is 0 Å². The highest BCUT2D eigenvalue weighted by Gasteiger charge is 2.50. The lowest BCUT2D eigenvalue weighted by molar-refractivity contribution is -0.0453. The van der Waals surface area contributed by atoms with Crippen molar-refractivity contribution in [1.82, 2.24) is 0 Å². The van der Waals surface area contributed by atoms with Gasteiger partial charge < -0.3 is 5.11 Å². The minimum Gasteiger partial charge on any atom is -0.389 e. The summed E-state index contributed by atoms with van der Waals surface area (Å²) in [5, 5.41) is 19.6. The maximum Gasteiger partial charge on any atom is 0.0860 e. The zero-order valence-electron chi connectivity index (χ0n) is 9.51. The van der Waals surface area contributed by atoms with Gasteiger partial charge in [0.1, 0.15) is 0 Å². The molecule has 1 aliphatic rings. The van der Waals surface area contributed by atoms with Crippen molar-refractivity contribution >= 4 is 0 Å². The third-order valence-electron chi connectivity index (χ3n) is 3.74. The van der Waals surface area contributed by atoms with E-state index in [1.165, 1.54) is 0 Å². The van der Waals surface area contributed by atoms with E-state index >= 15 is 0 Å². The SMILES string of the molecule is CCCC(C)(O)C1(C#N)CCC(C)C1.